The van der Waals surface area contributed by atoms with Crippen LogP contribution in [0, 0.1) is 0 Å². The summed E-state index contributed by atoms with van der Waals surface area (Å²) in [5.74, 6) is -0.365. The van der Waals surface area contributed by atoms with E-state index in [2.05, 4.69) is 9.97 Å². The fraction of sp³-hybridized carbons (Fsp3) is 0.643. The van der Waals surface area contributed by atoms with Gasteiger partial charge < -0.3 is 14.7 Å². The first kappa shape index (κ1) is 14.7. The van der Waals surface area contributed by atoms with Crippen LogP contribution in [-0.4, -0.2) is 46.3 Å². The minimum atomic E-state index is -1.02. The van der Waals surface area contributed by atoms with Gasteiger partial charge in [0.2, 0.25) is 0 Å². The summed E-state index contributed by atoms with van der Waals surface area (Å²) in [6.07, 6.45) is 1.62. The van der Waals surface area contributed by atoms with Crippen molar-refractivity contribution in [3.8, 4) is 0 Å². The molecule has 0 bridgehead atoms. The molecule has 0 aromatic carbocycles. The highest BCUT2D eigenvalue weighted by atomic mass is 16.5. The highest BCUT2D eigenvalue weighted by Gasteiger charge is 2.30. The Hall–Kier alpha value is -1.69. The summed E-state index contributed by atoms with van der Waals surface area (Å²) < 4.78 is 5.65. The van der Waals surface area contributed by atoms with Crippen molar-refractivity contribution in [1.82, 2.24) is 9.97 Å². The smallest absolute Gasteiger partial charge is 0.356 e. The van der Waals surface area contributed by atoms with Gasteiger partial charge in [-0.05, 0) is 13.8 Å². The number of ether oxygens (including phenoxy) is 1. The van der Waals surface area contributed by atoms with Crippen molar-refractivity contribution in [2.45, 2.75) is 39.2 Å². The quantitative estimate of drug-likeness (QED) is 0.911. The molecule has 0 saturated carbocycles. The van der Waals surface area contributed by atoms with E-state index < -0.39 is 5.97 Å². The van der Waals surface area contributed by atoms with Gasteiger partial charge in [-0.1, -0.05) is 13.8 Å². The van der Waals surface area contributed by atoms with E-state index in [0.29, 0.717) is 31.2 Å². The van der Waals surface area contributed by atoms with Crippen molar-refractivity contribution in [2.75, 3.05) is 24.6 Å². The summed E-state index contributed by atoms with van der Waals surface area (Å²) in [5, 5.41) is 9.38. The second kappa shape index (κ2) is 5.36. The maximum Gasteiger partial charge on any atom is 0.356 e. The van der Waals surface area contributed by atoms with Crippen molar-refractivity contribution in [2.24, 2.45) is 0 Å². The summed E-state index contributed by atoms with van der Waals surface area (Å²) in [7, 11) is 0. The fourth-order valence-corrected chi connectivity index (χ4v) is 2.28. The van der Waals surface area contributed by atoms with Crippen molar-refractivity contribution in [3.05, 3.63) is 17.7 Å². The van der Waals surface area contributed by atoms with Gasteiger partial charge in [0, 0.05) is 19.0 Å². The molecule has 6 nitrogen and oxygen atoms in total. The van der Waals surface area contributed by atoms with Crippen LogP contribution in [-0.2, 0) is 4.74 Å². The minimum absolute atomic E-state index is 0.0707. The molecule has 1 aromatic heterocycles. The standard InChI is InChI=1S/C14H21N3O3/c1-9(2)12-15-7-10(11(16-12)13(18)19)17-5-6-20-14(3,4)8-17/h7,9H,5-6,8H2,1-4H3,(H,18,19). The lowest BCUT2D eigenvalue weighted by Crippen LogP contribution is -2.49. The molecule has 1 saturated heterocycles. The number of morpholine rings is 1. The van der Waals surface area contributed by atoms with Gasteiger partial charge in [0.25, 0.3) is 0 Å². The number of rotatable bonds is 3. The van der Waals surface area contributed by atoms with Crippen LogP contribution in [0.4, 0.5) is 5.69 Å². The van der Waals surface area contributed by atoms with Gasteiger partial charge in [-0.2, -0.15) is 0 Å². The fourth-order valence-electron chi connectivity index (χ4n) is 2.28. The molecule has 0 unspecified atom stereocenters. The Morgan fingerprint density at radius 2 is 2.20 bits per heavy atom. The Bertz CT molecular complexity index is 514. The van der Waals surface area contributed by atoms with Gasteiger partial charge in [-0.3, -0.25) is 0 Å². The molecule has 0 spiro atoms. The van der Waals surface area contributed by atoms with Crippen LogP contribution in [0.2, 0.25) is 0 Å². The topological polar surface area (TPSA) is 75.6 Å². The van der Waals surface area contributed by atoms with Crippen molar-refractivity contribution in [1.29, 1.82) is 0 Å². The lowest BCUT2D eigenvalue weighted by molar-refractivity contribution is -0.0278. The number of anilines is 1. The summed E-state index contributed by atoms with van der Waals surface area (Å²) in [6.45, 7) is 9.70. The Morgan fingerprint density at radius 3 is 2.75 bits per heavy atom. The van der Waals surface area contributed by atoms with E-state index in [9.17, 15) is 9.90 Å². The first-order valence-corrected chi connectivity index (χ1v) is 6.79. The van der Waals surface area contributed by atoms with Gasteiger partial charge in [0.1, 0.15) is 5.82 Å². The van der Waals surface area contributed by atoms with Gasteiger partial charge in [0.15, 0.2) is 5.69 Å². The molecule has 1 aromatic rings. The Kier molecular flexibility index (Phi) is 3.94. The minimum Gasteiger partial charge on any atom is -0.476 e. The number of hydrogen-bond acceptors (Lipinski definition) is 5. The van der Waals surface area contributed by atoms with Gasteiger partial charge in [0.05, 0.1) is 24.1 Å². The Labute approximate surface area is 118 Å². The lowest BCUT2D eigenvalue weighted by atomic mass is 10.1. The number of carboxylic acid groups (broad SMARTS) is 1. The Morgan fingerprint density at radius 1 is 1.50 bits per heavy atom. The second-order valence-corrected chi connectivity index (χ2v) is 5.95. The zero-order valence-corrected chi connectivity index (χ0v) is 12.4. The van der Waals surface area contributed by atoms with Gasteiger partial charge >= 0.3 is 5.97 Å². The molecular formula is C14H21N3O3. The second-order valence-electron chi connectivity index (χ2n) is 5.95. The van der Waals surface area contributed by atoms with Crippen LogP contribution in [0.1, 0.15) is 49.9 Å². The molecule has 1 aliphatic heterocycles. The number of nitrogens with zero attached hydrogens (tertiary/aromatic N) is 3. The van der Waals surface area contributed by atoms with E-state index in [1.54, 1.807) is 6.20 Å². The molecule has 0 atom stereocenters. The van der Waals surface area contributed by atoms with Gasteiger partial charge in [-0.15, -0.1) is 0 Å². The lowest BCUT2D eigenvalue weighted by Gasteiger charge is -2.39. The SMILES string of the molecule is CC(C)c1ncc(N2CCOC(C)(C)C2)c(C(=O)O)n1. The van der Waals surface area contributed by atoms with Crippen molar-refractivity contribution in [3.63, 3.8) is 0 Å². The molecule has 0 radical (unpaired) electrons. The van der Waals surface area contributed by atoms with E-state index in [0.717, 1.165) is 0 Å². The van der Waals surface area contributed by atoms with E-state index in [4.69, 9.17) is 4.74 Å². The molecule has 6 heteroatoms. The molecule has 20 heavy (non-hydrogen) atoms. The van der Waals surface area contributed by atoms with E-state index in [1.165, 1.54) is 0 Å². The van der Waals surface area contributed by atoms with Crippen LogP contribution in [0.5, 0.6) is 0 Å². The maximum absolute atomic E-state index is 11.5. The van der Waals surface area contributed by atoms with E-state index in [-0.39, 0.29) is 17.2 Å². The average Bonchev–Trinajstić information content (AvgIpc) is 2.36. The highest BCUT2D eigenvalue weighted by Crippen LogP contribution is 2.26. The number of aromatic nitrogens is 2. The first-order valence-electron chi connectivity index (χ1n) is 6.79. The number of hydrogen-bond donors (Lipinski definition) is 1. The molecule has 0 aliphatic carbocycles. The predicted octanol–water partition coefficient (Wildman–Crippen LogP) is 1.91. The molecule has 2 heterocycles. The maximum atomic E-state index is 11.5. The third-order valence-corrected chi connectivity index (χ3v) is 3.27. The molecular weight excluding hydrogens is 258 g/mol. The largest absolute Gasteiger partial charge is 0.476 e. The van der Waals surface area contributed by atoms with Crippen molar-refractivity contribution >= 4 is 11.7 Å². The summed E-state index contributed by atoms with van der Waals surface area (Å²) in [4.78, 5) is 21.9. The van der Waals surface area contributed by atoms with Gasteiger partial charge in [-0.25, -0.2) is 14.8 Å². The number of carbonyl (C=O) groups is 1. The Balaban J connectivity index is 2.38. The normalized spacial score (nSPS) is 18.4. The van der Waals surface area contributed by atoms with Crippen LogP contribution >= 0.6 is 0 Å². The summed E-state index contributed by atoms with van der Waals surface area (Å²) in [5.41, 5.74) is 0.338. The van der Waals surface area contributed by atoms with Crippen LogP contribution in [0.15, 0.2) is 6.20 Å². The summed E-state index contributed by atoms with van der Waals surface area (Å²) >= 11 is 0. The van der Waals surface area contributed by atoms with E-state index in [1.807, 2.05) is 32.6 Å². The first-order chi connectivity index (χ1) is 9.30. The zero-order chi connectivity index (χ0) is 14.9. The highest BCUT2D eigenvalue weighted by molar-refractivity contribution is 5.92. The summed E-state index contributed by atoms with van der Waals surface area (Å²) in [6, 6.07) is 0. The van der Waals surface area contributed by atoms with Crippen LogP contribution in [0.3, 0.4) is 0 Å². The average molecular weight is 279 g/mol. The molecule has 1 N–H and O–H groups in total. The number of carboxylic acids is 1. The molecule has 1 fully saturated rings. The van der Waals surface area contributed by atoms with Crippen LogP contribution < -0.4 is 4.90 Å². The van der Waals surface area contributed by atoms with Crippen molar-refractivity contribution < 1.29 is 14.6 Å². The molecule has 2 rings (SSSR count). The monoisotopic (exact) mass is 279 g/mol. The van der Waals surface area contributed by atoms with Crippen LogP contribution in [0.25, 0.3) is 0 Å². The molecule has 110 valence electrons. The zero-order valence-electron chi connectivity index (χ0n) is 12.4. The third-order valence-electron chi connectivity index (χ3n) is 3.27. The molecule has 0 amide bonds. The predicted molar refractivity (Wildman–Crippen MR) is 75.3 cm³/mol. The third kappa shape index (κ3) is 3.07. The van der Waals surface area contributed by atoms with E-state index >= 15 is 0 Å². The number of aromatic carboxylic acids is 1. The molecule has 1 aliphatic rings.